The maximum atomic E-state index is 12.0. The minimum Gasteiger partial charge on any atom is -0.469 e. The maximum absolute atomic E-state index is 12.0. The predicted molar refractivity (Wildman–Crippen MR) is 68.4 cm³/mol. The number of hydrogen-bond donors (Lipinski definition) is 0. The first-order chi connectivity index (χ1) is 8.04. The molecule has 0 heterocycles. The van der Waals surface area contributed by atoms with Gasteiger partial charge in [0.1, 0.15) is 0 Å². The normalized spacial score (nSPS) is 12.2. The maximum Gasteiger partial charge on any atom is 0.305 e. The molecule has 1 atom stereocenters. The first-order valence-electron chi connectivity index (χ1n) is 5.57. The molecule has 0 saturated heterocycles. The fourth-order valence-corrected chi connectivity index (χ4v) is 2.88. The zero-order chi connectivity index (χ0) is 12.8. The highest BCUT2D eigenvalue weighted by Gasteiger charge is 2.08. The van der Waals surface area contributed by atoms with Crippen LogP contribution in [0.25, 0.3) is 0 Å². The number of carbonyl (C=O) groups excluding carboxylic acids is 1. The average molecular weight is 254 g/mol. The van der Waals surface area contributed by atoms with E-state index in [9.17, 15) is 9.00 Å². The minimum absolute atomic E-state index is 0.248. The fourth-order valence-electron chi connectivity index (χ4n) is 1.61. The quantitative estimate of drug-likeness (QED) is 0.758. The molecule has 0 fully saturated rings. The molecule has 0 aromatic heterocycles. The fraction of sp³-hybridized carbons (Fsp3) is 0.462. The van der Waals surface area contributed by atoms with Gasteiger partial charge in [-0.1, -0.05) is 17.7 Å². The van der Waals surface area contributed by atoms with Crippen molar-refractivity contribution in [2.24, 2.45) is 0 Å². The Bertz CT molecular complexity index is 427. The topological polar surface area (TPSA) is 43.4 Å². The van der Waals surface area contributed by atoms with Crippen molar-refractivity contribution in [2.75, 3.05) is 12.9 Å². The third-order valence-electron chi connectivity index (χ3n) is 2.51. The summed E-state index contributed by atoms with van der Waals surface area (Å²) in [5.41, 5.74) is 2.21. The molecular weight excluding hydrogens is 236 g/mol. The zero-order valence-corrected chi connectivity index (χ0v) is 11.3. The van der Waals surface area contributed by atoms with E-state index in [0.717, 1.165) is 16.0 Å². The number of aryl methyl sites for hydroxylation is 2. The first kappa shape index (κ1) is 13.9. The Morgan fingerprint density at radius 1 is 1.35 bits per heavy atom. The summed E-state index contributed by atoms with van der Waals surface area (Å²) in [6.07, 6.45) is 0.916. The largest absolute Gasteiger partial charge is 0.469 e. The summed E-state index contributed by atoms with van der Waals surface area (Å²) in [5.74, 6) is 0.251. The van der Waals surface area contributed by atoms with E-state index >= 15 is 0 Å². The Kier molecular flexibility index (Phi) is 5.35. The standard InChI is InChI=1S/C13H18O3S/c1-10-6-7-12(11(2)9-10)17(15)8-4-5-13(14)16-3/h6-7,9H,4-5,8H2,1-3H3. The molecule has 0 amide bonds. The Labute approximate surface area is 105 Å². The van der Waals surface area contributed by atoms with Crippen LogP contribution in [0.3, 0.4) is 0 Å². The molecule has 0 aliphatic carbocycles. The third-order valence-corrected chi connectivity index (χ3v) is 4.12. The van der Waals surface area contributed by atoms with Gasteiger partial charge in [0.15, 0.2) is 0 Å². The lowest BCUT2D eigenvalue weighted by atomic mass is 10.2. The summed E-state index contributed by atoms with van der Waals surface area (Å²) >= 11 is 0. The van der Waals surface area contributed by atoms with E-state index in [0.29, 0.717) is 18.6 Å². The molecule has 0 bridgehead atoms. The lowest BCUT2D eigenvalue weighted by molar-refractivity contribution is -0.140. The van der Waals surface area contributed by atoms with E-state index in [2.05, 4.69) is 4.74 Å². The van der Waals surface area contributed by atoms with Crippen molar-refractivity contribution in [2.45, 2.75) is 31.6 Å². The second kappa shape index (κ2) is 6.55. The number of hydrogen-bond acceptors (Lipinski definition) is 3. The van der Waals surface area contributed by atoms with E-state index in [1.165, 1.54) is 7.11 Å². The van der Waals surface area contributed by atoms with Crippen molar-refractivity contribution in [1.82, 2.24) is 0 Å². The van der Waals surface area contributed by atoms with Crippen LogP contribution >= 0.6 is 0 Å². The minimum atomic E-state index is -1.03. The van der Waals surface area contributed by atoms with Crippen LogP contribution in [-0.2, 0) is 20.3 Å². The number of ether oxygens (including phenoxy) is 1. The molecular formula is C13H18O3S. The molecule has 0 N–H and O–H groups in total. The summed E-state index contributed by atoms with van der Waals surface area (Å²) in [4.78, 5) is 11.8. The Balaban J connectivity index is 2.55. The Morgan fingerprint density at radius 3 is 2.65 bits per heavy atom. The van der Waals surface area contributed by atoms with Crippen LogP contribution in [0.2, 0.25) is 0 Å². The van der Waals surface area contributed by atoms with Gasteiger partial charge in [-0.3, -0.25) is 9.00 Å². The van der Waals surface area contributed by atoms with Crippen LogP contribution in [0, 0.1) is 13.8 Å². The van der Waals surface area contributed by atoms with Gasteiger partial charge in [0.2, 0.25) is 0 Å². The van der Waals surface area contributed by atoms with Gasteiger partial charge in [0.25, 0.3) is 0 Å². The van der Waals surface area contributed by atoms with Crippen LogP contribution in [0.1, 0.15) is 24.0 Å². The molecule has 0 saturated carbocycles. The molecule has 17 heavy (non-hydrogen) atoms. The van der Waals surface area contributed by atoms with Crippen molar-refractivity contribution < 1.29 is 13.7 Å². The molecule has 1 aromatic carbocycles. The SMILES string of the molecule is COC(=O)CCCS(=O)c1ccc(C)cc1C. The summed E-state index contributed by atoms with van der Waals surface area (Å²) < 4.78 is 16.5. The van der Waals surface area contributed by atoms with Crippen molar-refractivity contribution in [3.05, 3.63) is 29.3 Å². The molecule has 0 aliphatic heterocycles. The van der Waals surface area contributed by atoms with Gasteiger partial charge >= 0.3 is 5.97 Å². The Hall–Kier alpha value is -1.16. The highest BCUT2D eigenvalue weighted by Crippen LogP contribution is 2.15. The lowest BCUT2D eigenvalue weighted by Crippen LogP contribution is -2.05. The zero-order valence-electron chi connectivity index (χ0n) is 10.5. The first-order valence-corrected chi connectivity index (χ1v) is 6.89. The van der Waals surface area contributed by atoms with E-state index < -0.39 is 10.8 Å². The van der Waals surface area contributed by atoms with E-state index in [-0.39, 0.29) is 5.97 Å². The van der Waals surface area contributed by atoms with Crippen molar-refractivity contribution in [3.63, 3.8) is 0 Å². The van der Waals surface area contributed by atoms with Crippen LogP contribution in [0.5, 0.6) is 0 Å². The summed E-state index contributed by atoms with van der Waals surface area (Å²) in [5, 5.41) is 0. The number of rotatable bonds is 5. The molecule has 0 aliphatic rings. The van der Waals surface area contributed by atoms with Crippen molar-refractivity contribution in [3.8, 4) is 0 Å². The number of esters is 1. The van der Waals surface area contributed by atoms with Gasteiger partial charge in [-0.2, -0.15) is 0 Å². The number of benzene rings is 1. The Morgan fingerprint density at radius 2 is 2.06 bits per heavy atom. The molecule has 94 valence electrons. The van der Waals surface area contributed by atoms with Crippen molar-refractivity contribution >= 4 is 16.8 Å². The van der Waals surface area contributed by atoms with E-state index in [1.54, 1.807) is 0 Å². The van der Waals surface area contributed by atoms with Crippen LogP contribution in [-0.4, -0.2) is 23.0 Å². The van der Waals surface area contributed by atoms with E-state index in [1.807, 2.05) is 32.0 Å². The molecule has 1 aromatic rings. The highest BCUT2D eigenvalue weighted by atomic mass is 32.2. The summed E-state index contributed by atoms with van der Waals surface area (Å²) in [6.45, 7) is 3.97. The van der Waals surface area contributed by atoms with Gasteiger partial charge in [0, 0.05) is 17.1 Å². The molecule has 0 radical (unpaired) electrons. The molecule has 3 nitrogen and oxygen atoms in total. The molecule has 1 rings (SSSR count). The summed E-state index contributed by atoms with van der Waals surface area (Å²) in [7, 11) is 0.335. The predicted octanol–water partition coefficient (Wildman–Crippen LogP) is 2.36. The average Bonchev–Trinajstić information content (AvgIpc) is 2.28. The van der Waals surface area contributed by atoms with Crippen LogP contribution < -0.4 is 0 Å². The molecule has 1 unspecified atom stereocenters. The lowest BCUT2D eigenvalue weighted by Gasteiger charge is -2.06. The second-order valence-electron chi connectivity index (χ2n) is 4.00. The number of methoxy groups -OCH3 is 1. The summed E-state index contributed by atoms with van der Waals surface area (Å²) in [6, 6.07) is 5.88. The monoisotopic (exact) mass is 254 g/mol. The molecule has 0 spiro atoms. The van der Waals surface area contributed by atoms with Crippen LogP contribution in [0.15, 0.2) is 23.1 Å². The van der Waals surface area contributed by atoms with Crippen LogP contribution in [0.4, 0.5) is 0 Å². The highest BCUT2D eigenvalue weighted by molar-refractivity contribution is 7.85. The smallest absolute Gasteiger partial charge is 0.305 e. The van der Waals surface area contributed by atoms with Crippen molar-refractivity contribution in [1.29, 1.82) is 0 Å². The molecule has 4 heteroatoms. The van der Waals surface area contributed by atoms with Gasteiger partial charge in [-0.15, -0.1) is 0 Å². The number of carbonyl (C=O) groups is 1. The second-order valence-corrected chi connectivity index (χ2v) is 5.54. The van der Waals surface area contributed by atoms with Gasteiger partial charge in [-0.05, 0) is 31.9 Å². The van der Waals surface area contributed by atoms with E-state index in [4.69, 9.17) is 0 Å². The van der Waals surface area contributed by atoms with Gasteiger partial charge in [-0.25, -0.2) is 0 Å². The van der Waals surface area contributed by atoms with Gasteiger partial charge in [0.05, 0.1) is 17.9 Å². The van der Waals surface area contributed by atoms with Gasteiger partial charge < -0.3 is 4.74 Å². The third kappa shape index (κ3) is 4.30.